The highest BCUT2D eigenvalue weighted by Gasteiger charge is 2.20. The van der Waals surface area contributed by atoms with Crippen LogP contribution >= 0.6 is 0 Å². The lowest BCUT2D eigenvalue weighted by atomic mass is 10.0. The lowest BCUT2D eigenvalue weighted by Crippen LogP contribution is -2.37. The van der Waals surface area contributed by atoms with E-state index in [2.05, 4.69) is 29.3 Å². The van der Waals surface area contributed by atoms with Crippen molar-refractivity contribution in [3.05, 3.63) is 54.6 Å². The maximum atomic E-state index is 12.3. The van der Waals surface area contributed by atoms with Gasteiger partial charge < -0.3 is 19.7 Å². The molecule has 1 aliphatic heterocycles. The molecule has 1 amide bonds. The van der Waals surface area contributed by atoms with Crippen LogP contribution in [-0.4, -0.2) is 37.2 Å². The SMILES string of the molecule is COc1ccc(NC(=O)COc2cccc3ccc(N4CCCCC4C)nc23)cc1. The Morgan fingerprint density at radius 3 is 2.73 bits per heavy atom. The van der Waals surface area contributed by atoms with E-state index in [1.165, 1.54) is 19.3 Å². The fraction of sp³-hybridized carbons (Fsp3) is 0.333. The Hall–Kier alpha value is -3.28. The predicted molar refractivity (Wildman–Crippen MR) is 120 cm³/mol. The second-order valence-electron chi connectivity index (χ2n) is 7.60. The Kier molecular flexibility index (Phi) is 6.02. The van der Waals surface area contributed by atoms with E-state index in [0.29, 0.717) is 17.5 Å². The highest BCUT2D eigenvalue weighted by Crippen LogP contribution is 2.29. The van der Waals surface area contributed by atoms with E-state index in [0.717, 1.165) is 29.0 Å². The van der Waals surface area contributed by atoms with Gasteiger partial charge >= 0.3 is 0 Å². The van der Waals surface area contributed by atoms with Crippen LogP contribution < -0.4 is 19.7 Å². The van der Waals surface area contributed by atoms with Crippen LogP contribution in [0.1, 0.15) is 26.2 Å². The number of aromatic nitrogens is 1. The van der Waals surface area contributed by atoms with Gasteiger partial charge in [-0.05, 0) is 68.7 Å². The number of fused-ring (bicyclic) bond motifs is 1. The van der Waals surface area contributed by atoms with Gasteiger partial charge in [0.25, 0.3) is 5.91 Å². The molecule has 1 N–H and O–H groups in total. The van der Waals surface area contributed by atoms with E-state index in [9.17, 15) is 4.79 Å². The molecular formula is C24H27N3O3. The van der Waals surface area contributed by atoms with Crippen molar-refractivity contribution >= 4 is 28.3 Å². The number of para-hydroxylation sites is 1. The first-order valence-electron chi connectivity index (χ1n) is 10.4. The fourth-order valence-electron chi connectivity index (χ4n) is 3.84. The quantitative estimate of drug-likeness (QED) is 0.647. The number of amides is 1. The van der Waals surface area contributed by atoms with Gasteiger partial charge in [0.05, 0.1) is 7.11 Å². The molecule has 156 valence electrons. The van der Waals surface area contributed by atoms with E-state index in [4.69, 9.17) is 14.5 Å². The minimum Gasteiger partial charge on any atom is -0.497 e. The molecule has 1 aromatic heterocycles. The van der Waals surface area contributed by atoms with Crippen molar-refractivity contribution in [1.29, 1.82) is 0 Å². The van der Waals surface area contributed by atoms with Crippen LogP contribution in [0.4, 0.5) is 11.5 Å². The van der Waals surface area contributed by atoms with Crippen molar-refractivity contribution in [2.45, 2.75) is 32.2 Å². The highest BCUT2D eigenvalue weighted by molar-refractivity contribution is 5.92. The molecule has 6 heteroatoms. The first-order valence-corrected chi connectivity index (χ1v) is 10.4. The third-order valence-electron chi connectivity index (χ3n) is 5.50. The minimum atomic E-state index is -0.224. The molecule has 0 saturated carbocycles. The average molecular weight is 405 g/mol. The predicted octanol–water partition coefficient (Wildman–Crippen LogP) is 4.64. The largest absolute Gasteiger partial charge is 0.497 e. The molecule has 0 radical (unpaired) electrons. The fourth-order valence-corrected chi connectivity index (χ4v) is 3.84. The number of nitrogens with zero attached hydrogens (tertiary/aromatic N) is 2. The standard InChI is InChI=1S/C24H27N3O3/c1-17-6-3-4-15-27(17)22-14-9-18-7-5-8-21(24(18)26-22)30-16-23(28)25-19-10-12-20(29-2)13-11-19/h5,7-14,17H,3-4,6,15-16H2,1-2H3,(H,25,28). The minimum absolute atomic E-state index is 0.0861. The summed E-state index contributed by atoms with van der Waals surface area (Å²) in [7, 11) is 1.61. The van der Waals surface area contributed by atoms with Gasteiger partial charge in [0, 0.05) is 23.7 Å². The Labute approximate surface area is 176 Å². The highest BCUT2D eigenvalue weighted by atomic mass is 16.5. The van der Waals surface area contributed by atoms with Crippen molar-refractivity contribution in [2.75, 3.05) is 30.5 Å². The summed E-state index contributed by atoms with van der Waals surface area (Å²) < 4.78 is 11.0. The first kappa shape index (κ1) is 20.0. The molecule has 1 aliphatic rings. The van der Waals surface area contributed by atoms with Crippen LogP contribution in [0.15, 0.2) is 54.6 Å². The van der Waals surface area contributed by atoms with Crippen LogP contribution in [0.5, 0.6) is 11.5 Å². The van der Waals surface area contributed by atoms with Gasteiger partial charge in [-0.2, -0.15) is 0 Å². The lowest BCUT2D eigenvalue weighted by Gasteiger charge is -2.34. The molecule has 1 unspecified atom stereocenters. The molecule has 30 heavy (non-hydrogen) atoms. The van der Waals surface area contributed by atoms with E-state index < -0.39 is 0 Å². The van der Waals surface area contributed by atoms with Crippen LogP contribution in [0.25, 0.3) is 10.9 Å². The number of carbonyl (C=O) groups excluding carboxylic acids is 1. The molecule has 4 rings (SSSR count). The lowest BCUT2D eigenvalue weighted by molar-refractivity contribution is -0.118. The number of rotatable bonds is 6. The number of ether oxygens (including phenoxy) is 2. The van der Waals surface area contributed by atoms with Gasteiger partial charge in [-0.1, -0.05) is 12.1 Å². The second kappa shape index (κ2) is 9.03. The van der Waals surface area contributed by atoms with Crippen LogP contribution in [0.2, 0.25) is 0 Å². The molecule has 1 saturated heterocycles. The van der Waals surface area contributed by atoms with Crippen molar-refractivity contribution in [1.82, 2.24) is 4.98 Å². The third kappa shape index (κ3) is 4.48. The van der Waals surface area contributed by atoms with Gasteiger partial charge in [-0.15, -0.1) is 0 Å². The van der Waals surface area contributed by atoms with Crippen LogP contribution in [0, 0.1) is 0 Å². The maximum absolute atomic E-state index is 12.3. The number of benzene rings is 2. The Bertz CT molecular complexity index is 1020. The molecule has 1 fully saturated rings. The number of methoxy groups -OCH3 is 1. The van der Waals surface area contributed by atoms with Crippen molar-refractivity contribution in [3.8, 4) is 11.5 Å². The van der Waals surface area contributed by atoms with Crippen molar-refractivity contribution in [3.63, 3.8) is 0 Å². The Morgan fingerprint density at radius 2 is 1.97 bits per heavy atom. The second-order valence-corrected chi connectivity index (χ2v) is 7.60. The summed E-state index contributed by atoms with van der Waals surface area (Å²) in [5.74, 6) is 2.10. The molecule has 6 nitrogen and oxygen atoms in total. The molecular weight excluding hydrogens is 378 g/mol. The summed E-state index contributed by atoms with van der Waals surface area (Å²) in [5.41, 5.74) is 1.48. The summed E-state index contributed by atoms with van der Waals surface area (Å²) >= 11 is 0. The van der Waals surface area contributed by atoms with Crippen molar-refractivity contribution < 1.29 is 14.3 Å². The number of pyridine rings is 1. The maximum Gasteiger partial charge on any atom is 0.262 e. The number of carbonyl (C=O) groups is 1. The molecule has 1 atom stereocenters. The normalized spacial score (nSPS) is 16.3. The molecule has 2 heterocycles. The van der Waals surface area contributed by atoms with E-state index in [-0.39, 0.29) is 12.5 Å². The number of anilines is 2. The van der Waals surface area contributed by atoms with E-state index in [1.807, 2.05) is 18.2 Å². The van der Waals surface area contributed by atoms with Gasteiger partial charge in [-0.25, -0.2) is 4.98 Å². The van der Waals surface area contributed by atoms with Crippen LogP contribution in [-0.2, 0) is 4.79 Å². The van der Waals surface area contributed by atoms with E-state index >= 15 is 0 Å². The Morgan fingerprint density at radius 1 is 1.13 bits per heavy atom. The number of hydrogen-bond donors (Lipinski definition) is 1. The zero-order chi connectivity index (χ0) is 20.9. The number of hydrogen-bond acceptors (Lipinski definition) is 5. The van der Waals surface area contributed by atoms with Gasteiger partial charge in [0.1, 0.15) is 22.8 Å². The van der Waals surface area contributed by atoms with Gasteiger partial charge in [-0.3, -0.25) is 4.79 Å². The van der Waals surface area contributed by atoms with Gasteiger partial charge in [0.15, 0.2) is 6.61 Å². The summed E-state index contributed by atoms with van der Waals surface area (Å²) in [4.78, 5) is 19.6. The zero-order valence-corrected chi connectivity index (χ0v) is 17.4. The monoisotopic (exact) mass is 405 g/mol. The smallest absolute Gasteiger partial charge is 0.262 e. The summed E-state index contributed by atoms with van der Waals surface area (Å²) in [6.45, 7) is 3.18. The number of piperidine rings is 1. The van der Waals surface area contributed by atoms with Gasteiger partial charge in [0.2, 0.25) is 0 Å². The molecule has 0 aliphatic carbocycles. The number of nitrogens with one attached hydrogen (secondary N) is 1. The zero-order valence-electron chi connectivity index (χ0n) is 17.4. The van der Waals surface area contributed by atoms with Crippen molar-refractivity contribution in [2.24, 2.45) is 0 Å². The third-order valence-corrected chi connectivity index (χ3v) is 5.50. The molecule has 0 spiro atoms. The molecule has 0 bridgehead atoms. The average Bonchev–Trinajstić information content (AvgIpc) is 2.78. The summed E-state index contributed by atoms with van der Waals surface area (Å²) in [5, 5.41) is 3.83. The topological polar surface area (TPSA) is 63.7 Å². The van der Waals surface area contributed by atoms with E-state index in [1.54, 1.807) is 31.4 Å². The summed E-state index contributed by atoms with van der Waals surface area (Å²) in [6.07, 6.45) is 3.64. The molecule has 3 aromatic rings. The first-order chi connectivity index (χ1) is 14.6. The molecule has 2 aromatic carbocycles. The van der Waals surface area contributed by atoms with Crippen LogP contribution in [0.3, 0.4) is 0 Å². The Balaban J connectivity index is 1.47. The summed E-state index contributed by atoms with van der Waals surface area (Å²) in [6, 6.07) is 17.6.